The van der Waals surface area contributed by atoms with Crippen molar-refractivity contribution in [3.8, 4) is 0 Å². The van der Waals surface area contributed by atoms with Gasteiger partial charge in [-0.15, -0.1) is 24.0 Å². The van der Waals surface area contributed by atoms with Crippen molar-refractivity contribution in [2.24, 2.45) is 4.99 Å². The van der Waals surface area contributed by atoms with Crippen molar-refractivity contribution in [3.63, 3.8) is 0 Å². The van der Waals surface area contributed by atoms with Crippen LogP contribution in [0.4, 0.5) is 0 Å². The van der Waals surface area contributed by atoms with Crippen molar-refractivity contribution in [2.75, 3.05) is 32.4 Å². The first kappa shape index (κ1) is 22.7. The minimum atomic E-state index is -0.726. The lowest BCUT2D eigenvalue weighted by Crippen LogP contribution is -2.50. The van der Waals surface area contributed by atoms with Gasteiger partial charge in [-0.25, -0.2) is 0 Å². The second kappa shape index (κ2) is 12.1. The molecule has 1 heterocycles. The first-order valence-electron chi connectivity index (χ1n) is 9.26. The Morgan fingerprint density at radius 1 is 1.20 bits per heavy atom. The maximum atomic E-state index is 12.2. The smallest absolute Gasteiger partial charge is 0.241 e. The molecule has 25 heavy (non-hydrogen) atoms. The number of carbonyl (C=O) groups excluding carboxylic acids is 1. The van der Waals surface area contributed by atoms with Crippen molar-refractivity contribution in [3.05, 3.63) is 0 Å². The van der Waals surface area contributed by atoms with E-state index >= 15 is 0 Å². The Bertz CT molecular complexity index is 470. The summed E-state index contributed by atoms with van der Waals surface area (Å²) in [5.41, 5.74) is 0. The quantitative estimate of drug-likeness (QED) is 0.355. The highest BCUT2D eigenvalue weighted by Crippen LogP contribution is 2.22. The van der Waals surface area contributed by atoms with E-state index in [1.165, 1.54) is 6.42 Å². The summed E-state index contributed by atoms with van der Waals surface area (Å²) < 4.78 is 12.0. The molecule has 0 spiro atoms. The summed E-state index contributed by atoms with van der Waals surface area (Å²) in [6.07, 6.45) is 7.57. The lowest BCUT2D eigenvalue weighted by Gasteiger charge is -2.30. The summed E-state index contributed by atoms with van der Waals surface area (Å²) in [6.45, 7) is 4.02. The SMILES string of the molecule is CCS(=O)C1CCCC(NC(=NC)NCC(=O)N2CCCCC2)C1.I. The molecule has 3 unspecified atom stereocenters. The fourth-order valence-electron chi connectivity index (χ4n) is 3.55. The van der Waals surface area contributed by atoms with Crippen LogP contribution in [0.25, 0.3) is 0 Å². The highest BCUT2D eigenvalue weighted by atomic mass is 127. The summed E-state index contributed by atoms with van der Waals surface area (Å²) in [7, 11) is 1.00. The lowest BCUT2D eigenvalue weighted by atomic mass is 9.95. The van der Waals surface area contributed by atoms with Crippen LogP contribution in [0.1, 0.15) is 51.9 Å². The van der Waals surface area contributed by atoms with Crippen LogP contribution in [0.15, 0.2) is 4.99 Å². The van der Waals surface area contributed by atoms with Crippen LogP contribution in [0.2, 0.25) is 0 Å². The molecule has 2 aliphatic rings. The van der Waals surface area contributed by atoms with E-state index < -0.39 is 10.8 Å². The number of hydrogen-bond donors (Lipinski definition) is 2. The van der Waals surface area contributed by atoms with E-state index in [-0.39, 0.29) is 47.7 Å². The molecule has 6 nitrogen and oxygen atoms in total. The summed E-state index contributed by atoms with van der Waals surface area (Å²) in [5, 5.41) is 6.84. The molecule has 1 amide bonds. The molecule has 8 heteroatoms. The van der Waals surface area contributed by atoms with Crippen LogP contribution in [0, 0.1) is 0 Å². The number of carbonyl (C=O) groups is 1. The normalized spacial score (nSPS) is 25.7. The van der Waals surface area contributed by atoms with Crippen LogP contribution >= 0.6 is 24.0 Å². The maximum Gasteiger partial charge on any atom is 0.241 e. The number of nitrogens with one attached hydrogen (secondary N) is 2. The molecule has 3 atom stereocenters. The van der Waals surface area contributed by atoms with Gasteiger partial charge in [-0.1, -0.05) is 13.3 Å². The second-order valence-electron chi connectivity index (χ2n) is 6.67. The summed E-state index contributed by atoms with van der Waals surface area (Å²) >= 11 is 0. The molecule has 0 aromatic rings. The van der Waals surface area contributed by atoms with Gasteiger partial charge in [0.25, 0.3) is 0 Å². The largest absolute Gasteiger partial charge is 0.354 e. The monoisotopic (exact) mass is 484 g/mol. The van der Waals surface area contributed by atoms with Crippen LogP contribution in [0.5, 0.6) is 0 Å². The van der Waals surface area contributed by atoms with E-state index in [0.29, 0.717) is 5.96 Å². The Balaban J connectivity index is 0.00000312. The number of aliphatic imine (C=N–C) groups is 1. The number of guanidine groups is 1. The highest BCUT2D eigenvalue weighted by Gasteiger charge is 2.26. The lowest BCUT2D eigenvalue weighted by molar-refractivity contribution is -0.130. The van der Waals surface area contributed by atoms with Gasteiger partial charge in [-0.2, -0.15) is 0 Å². The van der Waals surface area contributed by atoms with Crippen molar-refractivity contribution in [1.82, 2.24) is 15.5 Å². The summed E-state index contributed by atoms with van der Waals surface area (Å²) in [5.74, 6) is 1.55. The third kappa shape index (κ3) is 7.40. The number of nitrogens with zero attached hydrogens (tertiary/aromatic N) is 2. The van der Waals surface area contributed by atoms with Crippen LogP contribution in [-0.2, 0) is 15.6 Å². The van der Waals surface area contributed by atoms with E-state index in [0.717, 1.165) is 57.4 Å². The Kier molecular flexibility index (Phi) is 11.0. The van der Waals surface area contributed by atoms with E-state index in [2.05, 4.69) is 15.6 Å². The Morgan fingerprint density at radius 3 is 2.56 bits per heavy atom. The fourth-order valence-corrected chi connectivity index (χ4v) is 4.90. The van der Waals surface area contributed by atoms with Crippen molar-refractivity contribution < 1.29 is 9.00 Å². The molecule has 0 aromatic carbocycles. The van der Waals surface area contributed by atoms with E-state index in [9.17, 15) is 9.00 Å². The Labute approximate surface area is 171 Å². The van der Waals surface area contributed by atoms with Gasteiger partial charge in [-0.3, -0.25) is 14.0 Å². The minimum absolute atomic E-state index is 0. The molecule has 1 aliphatic heterocycles. The number of hydrogen-bond acceptors (Lipinski definition) is 3. The number of rotatable bonds is 5. The van der Waals surface area contributed by atoms with Crippen LogP contribution in [-0.4, -0.2) is 64.7 Å². The molecular weight excluding hydrogens is 451 g/mol. The second-order valence-corrected chi connectivity index (χ2v) is 8.67. The zero-order valence-electron chi connectivity index (χ0n) is 15.5. The molecule has 0 aromatic heterocycles. The number of piperidine rings is 1. The third-order valence-electron chi connectivity index (χ3n) is 4.96. The van der Waals surface area contributed by atoms with Crippen molar-refractivity contribution in [2.45, 2.75) is 63.2 Å². The average Bonchev–Trinajstić information content (AvgIpc) is 2.65. The van der Waals surface area contributed by atoms with Crippen LogP contribution in [0.3, 0.4) is 0 Å². The maximum absolute atomic E-state index is 12.2. The van der Waals surface area contributed by atoms with Gasteiger partial charge in [0, 0.05) is 48.0 Å². The van der Waals surface area contributed by atoms with Gasteiger partial charge in [0.05, 0.1) is 6.54 Å². The minimum Gasteiger partial charge on any atom is -0.354 e. The zero-order chi connectivity index (χ0) is 17.4. The first-order chi connectivity index (χ1) is 11.6. The molecule has 0 radical (unpaired) electrons. The molecule has 2 fully saturated rings. The Hall–Kier alpha value is -0.380. The predicted octanol–water partition coefficient (Wildman–Crippen LogP) is 1.86. The molecule has 2 rings (SSSR count). The molecule has 1 saturated carbocycles. The predicted molar refractivity (Wildman–Crippen MR) is 115 cm³/mol. The molecular formula is C17H33IN4O2S. The zero-order valence-corrected chi connectivity index (χ0v) is 18.6. The highest BCUT2D eigenvalue weighted by molar-refractivity contribution is 14.0. The van der Waals surface area contributed by atoms with E-state index in [1.807, 2.05) is 11.8 Å². The average molecular weight is 484 g/mol. The summed E-state index contributed by atoms with van der Waals surface area (Å²) in [6, 6.07) is 0.288. The Morgan fingerprint density at radius 2 is 1.92 bits per heavy atom. The molecule has 0 bridgehead atoms. The van der Waals surface area contributed by atoms with Gasteiger partial charge < -0.3 is 15.5 Å². The van der Waals surface area contributed by atoms with Gasteiger partial charge in [0.1, 0.15) is 0 Å². The number of halogens is 1. The van der Waals surface area contributed by atoms with Crippen molar-refractivity contribution >= 4 is 46.6 Å². The standard InChI is InChI=1S/C17H32N4O2S.HI/c1-3-24(23)15-9-7-8-14(12-15)20-17(18-2)19-13-16(22)21-10-5-4-6-11-21;/h14-15H,3-13H2,1-2H3,(H2,18,19,20);1H. The van der Waals surface area contributed by atoms with Crippen molar-refractivity contribution in [1.29, 1.82) is 0 Å². The van der Waals surface area contributed by atoms with E-state index in [4.69, 9.17) is 0 Å². The molecule has 2 N–H and O–H groups in total. The first-order valence-corrected chi connectivity index (χ1v) is 10.6. The van der Waals surface area contributed by atoms with Crippen LogP contribution < -0.4 is 10.6 Å². The van der Waals surface area contributed by atoms with Gasteiger partial charge in [-0.05, 0) is 38.5 Å². The fraction of sp³-hybridized carbons (Fsp3) is 0.882. The van der Waals surface area contributed by atoms with E-state index in [1.54, 1.807) is 7.05 Å². The third-order valence-corrected chi connectivity index (χ3v) is 6.70. The molecule has 1 saturated heterocycles. The molecule has 146 valence electrons. The number of amides is 1. The number of likely N-dealkylation sites (tertiary alicyclic amines) is 1. The summed E-state index contributed by atoms with van der Waals surface area (Å²) in [4.78, 5) is 18.4. The van der Waals surface area contributed by atoms with Gasteiger partial charge >= 0.3 is 0 Å². The van der Waals surface area contributed by atoms with Gasteiger partial charge in [0.2, 0.25) is 5.91 Å². The van der Waals surface area contributed by atoms with Gasteiger partial charge in [0.15, 0.2) is 5.96 Å². The molecule has 1 aliphatic carbocycles. The topological polar surface area (TPSA) is 73.8 Å².